The lowest BCUT2D eigenvalue weighted by molar-refractivity contribution is 0.340. The van der Waals surface area contributed by atoms with Crippen LogP contribution in [0.4, 0.5) is 5.82 Å². The smallest absolute Gasteiger partial charge is 0.243 e. The largest absolute Gasteiger partial charge is 0.494 e. The number of ether oxygens (including phenoxy) is 1. The van der Waals surface area contributed by atoms with Gasteiger partial charge in [0, 0.05) is 31.7 Å². The average Bonchev–Trinajstić information content (AvgIpc) is 2.79. The summed E-state index contributed by atoms with van der Waals surface area (Å²) in [4.78, 5) is 2.51. The molecule has 1 aliphatic heterocycles. The van der Waals surface area contributed by atoms with Gasteiger partial charge in [-0.2, -0.15) is 4.31 Å². The first-order valence-corrected chi connectivity index (χ1v) is 12.6. The predicted molar refractivity (Wildman–Crippen MR) is 130 cm³/mol. The number of benzene rings is 2. The van der Waals surface area contributed by atoms with E-state index in [2.05, 4.69) is 15.1 Å². The lowest BCUT2D eigenvalue weighted by atomic mass is 10.1. The molecular formula is C25H30N4O3S. The molecule has 0 unspecified atom stereocenters. The summed E-state index contributed by atoms with van der Waals surface area (Å²) in [6.45, 7) is 10.3. The molecule has 0 amide bonds. The van der Waals surface area contributed by atoms with Crippen LogP contribution in [-0.4, -0.2) is 55.7 Å². The van der Waals surface area contributed by atoms with Crippen molar-refractivity contribution in [3.05, 3.63) is 65.2 Å². The second-order valence-corrected chi connectivity index (χ2v) is 10.2. The van der Waals surface area contributed by atoms with Crippen LogP contribution in [0, 0.1) is 20.8 Å². The fraction of sp³-hybridized carbons (Fsp3) is 0.360. The van der Waals surface area contributed by atoms with Gasteiger partial charge in [-0.3, -0.25) is 0 Å². The molecule has 1 aromatic heterocycles. The van der Waals surface area contributed by atoms with E-state index < -0.39 is 10.0 Å². The van der Waals surface area contributed by atoms with Crippen LogP contribution in [-0.2, 0) is 10.0 Å². The Morgan fingerprint density at radius 2 is 1.52 bits per heavy atom. The molecule has 1 aliphatic rings. The van der Waals surface area contributed by atoms with Crippen molar-refractivity contribution < 1.29 is 13.2 Å². The molecule has 174 valence electrons. The van der Waals surface area contributed by atoms with E-state index in [1.807, 2.05) is 76.2 Å². The molecule has 0 N–H and O–H groups in total. The highest BCUT2D eigenvalue weighted by Crippen LogP contribution is 2.27. The summed E-state index contributed by atoms with van der Waals surface area (Å²) in [5, 5.41) is 8.78. The number of sulfonamides is 1. The SMILES string of the molecule is CCOc1ccc(-c2ccc(N3CCN(S(=O)(=O)c4c(C)cc(C)cc4C)CC3)nn2)cc1. The lowest BCUT2D eigenvalue weighted by Crippen LogP contribution is -2.49. The van der Waals surface area contributed by atoms with Gasteiger partial charge in [-0.1, -0.05) is 17.7 Å². The van der Waals surface area contributed by atoms with Crippen LogP contribution in [0.5, 0.6) is 5.75 Å². The fourth-order valence-corrected chi connectivity index (χ4v) is 6.23. The first kappa shape index (κ1) is 23.2. The number of aromatic nitrogens is 2. The second-order valence-electron chi connectivity index (χ2n) is 8.35. The predicted octanol–water partition coefficient (Wildman–Crippen LogP) is 3.98. The minimum atomic E-state index is -3.54. The van der Waals surface area contributed by atoms with E-state index in [0.717, 1.165) is 39.5 Å². The Kier molecular flexibility index (Phi) is 6.67. The van der Waals surface area contributed by atoms with Gasteiger partial charge in [0.25, 0.3) is 0 Å². The summed E-state index contributed by atoms with van der Waals surface area (Å²) in [7, 11) is -3.54. The number of aryl methyl sites for hydroxylation is 3. The molecule has 3 aromatic rings. The van der Waals surface area contributed by atoms with Gasteiger partial charge < -0.3 is 9.64 Å². The highest BCUT2D eigenvalue weighted by molar-refractivity contribution is 7.89. The van der Waals surface area contributed by atoms with Gasteiger partial charge in [0.15, 0.2) is 5.82 Å². The fourth-order valence-electron chi connectivity index (χ4n) is 4.40. The molecule has 2 aromatic carbocycles. The van der Waals surface area contributed by atoms with Crippen molar-refractivity contribution in [3.63, 3.8) is 0 Å². The van der Waals surface area contributed by atoms with Gasteiger partial charge in [0.2, 0.25) is 10.0 Å². The maximum Gasteiger partial charge on any atom is 0.243 e. The molecular weight excluding hydrogens is 436 g/mol. The molecule has 0 spiro atoms. The first-order valence-electron chi connectivity index (χ1n) is 11.2. The van der Waals surface area contributed by atoms with E-state index in [1.165, 1.54) is 0 Å². The van der Waals surface area contributed by atoms with Gasteiger partial charge >= 0.3 is 0 Å². The van der Waals surface area contributed by atoms with Crippen LogP contribution in [0.2, 0.25) is 0 Å². The molecule has 0 saturated carbocycles. The van der Waals surface area contributed by atoms with Crippen molar-refractivity contribution in [3.8, 4) is 17.0 Å². The Morgan fingerprint density at radius 3 is 2.06 bits per heavy atom. The number of hydrogen-bond donors (Lipinski definition) is 0. The summed E-state index contributed by atoms with van der Waals surface area (Å²) < 4.78 is 33.7. The van der Waals surface area contributed by atoms with Crippen molar-refractivity contribution >= 4 is 15.8 Å². The molecule has 2 heterocycles. The molecule has 33 heavy (non-hydrogen) atoms. The van der Waals surface area contributed by atoms with Gasteiger partial charge in [0.1, 0.15) is 5.75 Å². The zero-order chi connectivity index (χ0) is 23.6. The maximum absolute atomic E-state index is 13.3. The van der Waals surface area contributed by atoms with Crippen LogP contribution < -0.4 is 9.64 Å². The maximum atomic E-state index is 13.3. The van der Waals surface area contributed by atoms with Crippen molar-refractivity contribution in [2.24, 2.45) is 0 Å². The van der Waals surface area contributed by atoms with E-state index in [9.17, 15) is 8.42 Å². The summed E-state index contributed by atoms with van der Waals surface area (Å²) in [6.07, 6.45) is 0. The zero-order valence-corrected chi connectivity index (χ0v) is 20.4. The number of rotatable bonds is 6. The quantitative estimate of drug-likeness (QED) is 0.547. The standard InChI is InChI=1S/C25H30N4O3S/c1-5-32-22-8-6-21(7-9-22)23-10-11-24(27-26-23)28-12-14-29(15-13-28)33(30,31)25-19(3)16-18(2)17-20(25)4/h6-11,16-17H,5,12-15H2,1-4H3. The monoisotopic (exact) mass is 466 g/mol. The molecule has 8 heteroatoms. The van der Waals surface area contributed by atoms with E-state index in [1.54, 1.807) is 4.31 Å². The Balaban J connectivity index is 1.44. The molecule has 1 saturated heterocycles. The van der Waals surface area contributed by atoms with Crippen LogP contribution in [0.3, 0.4) is 0 Å². The second kappa shape index (κ2) is 9.49. The molecule has 7 nitrogen and oxygen atoms in total. The minimum absolute atomic E-state index is 0.414. The Morgan fingerprint density at radius 1 is 0.879 bits per heavy atom. The third-order valence-electron chi connectivity index (χ3n) is 5.88. The van der Waals surface area contributed by atoms with Crippen LogP contribution in [0.15, 0.2) is 53.4 Å². The third kappa shape index (κ3) is 4.86. The van der Waals surface area contributed by atoms with Crippen molar-refractivity contribution in [1.29, 1.82) is 0 Å². The van der Waals surface area contributed by atoms with E-state index >= 15 is 0 Å². The van der Waals surface area contributed by atoms with Gasteiger partial charge in [-0.05, 0) is 75.2 Å². The number of nitrogens with zero attached hydrogens (tertiary/aromatic N) is 4. The van der Waals surface area contributed by atoms with Gasteiger partial charge in [-0.15, -0.1) is 10.2 Å². The van der Waals surface area contributed by atoms with E-state index in [0.29, 0.717) is 37.7 Å². The average molecular weight is 467 g/mol. The normalized spacial score (nSPS) is 15.0. The Bertz CT molecular complexity index is 1190. The lowest BCUT2D eigenvalue weighted by Gasteiger charge is -2.35. The van der Waals surface area contributed by atoms with Crippen molar-refractivity contribution in [2.75, 3.05) is 37.7 Å². The molecule has 0 radical (unpaired) electrons. The molecule has 1 fully saturated rings. The van der Waals surface area contributed by atoms with Crippen molar-refractivity contribution in [1.82, 2.24) is 14.5 Å². The topological polar surface area (TPSA) is 75.6 Å². The van der Waals surface area contributed by atoms with Gasteiger partial charge in [-0.25, -0.2) is 8.42 Å². The minimum Gasteiger partial charge on any atom is -0.494 e. The number of hydrogen-bond acceptors (Lipinski definition) is 6. The summed E-state index contributed by atoms with van der Waals surface area (Å²) in [5.41, 5.74) is 4.42. The number of piperazine rings is 1. The van der Waals surface area contributed by atoms with E-state index in [4.69, 9.17) is 4.74 Å². The highest BCUT2D eigenvalue weighted by atomic mass is 32.2. The molecule has 0 bridgehead atoms. The van der Waals surface area contributed by atoms with Gasteiger partial charge in [0.05, 0.1) is 17.2 Å². The Hall–Kier alpha value is -2.97. The van der Waals surface area contributed by atoms with Crippen LogP contribution in [0.25, 0.3) is 11.3 Å². The Labute approximate surface area is 196 Å². The molecule has 0 aliphatic carbocycles. The van der Waals surface area contributed by atoms with E-state index in [-0.39, 0.29) is 0 Å². The van der Waals surface area contributed by atoms with Crippen LogP contribution in [0.1, 0.15) is 23.6 Å². The third-order valence-corrected chi connectivity index (χ3v) is 8.08. The van der Waals surface area contributed by atoms with Crippen molar-refractivity contribution in [2.45, 2.75) is 32.6 Å². The summed E-state index contributed by atoms with van der Waals surface area (Å²) in [5.74, 6) is 1.58. The highest BCUT2D eigenvalue weighted by Gasteiger charge is 2.31. The summed E-state index contributed by atoms with van der Waals surface area (Å²) in [6, 6.07) is 15.5. The molecule has 0 atom stereocenters. The molecule has 4 rings (SSSR count). The number of anilines is 1. The van der Waals surface area contributed by atoms with Crippen LogP contribution >= 0.6 is 0 Å². The first-order chi connectivity index (χ1) is 15.8. The summed E-state index contributed by atoms with van der Waals surface area (Å²) >= 11 is 0. The zero-order valence-electron chi connectivity index (χ0n) is 19.6.